The van der Waals surface area contributed by atoms with E-state index in [1.807, 2.05) is 19.1 Å². The molecule has 92 valence electrons. The zero-order valence-corrected chi connectivity index (χ0v) is 11.9. The van der Waals surface area contributed by atoms with E-state index in [-0.39, 0.29) is 11.7 Å². The normalized spacial score (nSPS) is 10.2. The van der Waals surface area contributed by atoms with Crippen LogP contribution in [0.3, 0.4) is 0 Å². The molecule has 2 rings (SSSR count). The number of hydrogen-bond acceptors (Lipinski definition) is 1. The summed E-state index contributed by atoms with van der Waals surface area (Å²) in [4.78, 5) is 12.1. The van der Waals surface area contributed by atoms with Gasteiger partial charge in [0.05, 0.1) is 5.56 Å². The SMILES string of the molecule is Cc1cccc(C(=O)Nc2ccc(F)cc2)c1I. The largest absolute Gasteiger partial charge is 0.322 e. The van der Waals surface area contributed by atoms with Crippen LogP contribution in [-0.2, 0) is 0 Å². The zero-order chi connectivity index (χ0) is 13.1. The third-order valence-electron chi connectivity index (χ3n) is 2.54. The second-order valence-corrected chi connectivity index (χ2v) is 4.98. The van der Waals surface area contributed by atoms with E-state index >= 15 is 0 Å². The first-order valence-corrected chi connectivity index (χ1v) is 6.48. The molecular weight excluding hydrogens is 344 g/mol. The van der Waals surface area contributed by atoms with Crippen LogP contribution in [0.25, 0.3) is 0 Å². The smallest absolute Gasteiger partial charge is 0.256 e. The lowest BCUT2D eigenvalue weighted by molar-refractivity contribution is 0.102. The Morgan fingerprint density at radius 3 is 2.50 bits per heavy atom. The Morgan fingerprint density at radius 2 is 1.83 bits per heavy atom. The van der Waals surface area contributed by atoms with Gasteiger partial charge >= 0.3 is 0 Å². The van der Waals surface area contributed by atoms with Crippen molar-refractivity contribution in [3.05, 3.63) is 63.0 Å². The Morgan fingerprint density at radius 1 is 1.17 bits per heavy atom. The molecule has 0 unspecified atom stereocenters. The quantitative estimate of drug-likeness (QED) is 0.811. The minimum atomic E-state index is -0.321. The van der Waals surface area contributed by atoms with Crippen LogP contribution >= 0.6 is 22.6 Å². The molecule has 0 radical (unpaired) electrons. The molecule has 0 aromatic heterocycles. The van der Waals surface area contributed by atoms with Crippen LogP contribution in [0.5, 0.6) is 0 Å². The van der Waals surface area contributed by atoms with Gasteiger partial charge in [0.25, 0.3) is 5.91 Å². The Labute approximate surface area is 118 Å². The number of nitrogens with one attached hydrogen (secondary N) is 1. The van der Waals surface area contributed by atoms with Crippen LogP contribution in [0.15, 0.2) is 42.5 Å². The van der Waals surface area contributed by atoms with Gasteiger partial charge in [-0.2, -0.15) is 0 Å². The summed E-state index contributed by atoms with van der Waals surface area (Å²) in [6, 6.07) is 11.3. The standard InChI is InChI=1S/C14H11FINO/c1-9-3-2-4-12(13(9)16)14(18)17-11-7-5-10(15)6-8-11/h2-8H,1H3,(H,17,18). The number of carbonyl (C=O) groups is 1. The highest BCUT2D eigenvalue weighted by atomic mass is 127. The average Bonchev–Trinajstić information content (AvgIpc) is 2.35. The van der Waals surface area contributed by atoms with Crippen LogP contribution < -0.4 is 5.32 Å². The highest BCUT2D eigenvalue weighted by Gasteiger charge is 2.11. The maximum absolute atomic E-state index is 12.8. The number of anilines is 1. The number of carbonyl (C=O) groups excluding carboxylic acids is 1. The van der Waals surface area contributed by atoms with Crippen molar-refractivity contribution in [2.24, 2.45) is 0 Å². The van der Waals surface area contributed by atoms with Crippen molar-refractivity contribution in [1.29, 1.82) is 0 Å². The fraction of sp³-hybridized carbons (Fsp3) is 0.0714. The Balaban J connectivity index is 2.22. The van der Waals surface area contributed by atoms with Crippen molar-refractivity contribution in [2.45, 2.75) is 6.92 Å². The molecule has 2 aromatic rings. The fourth-order valence-corrected chi connectivity index (χ4v) is 2.16. The molecule has 2 nitrogen and oxygen atoms in total. The fourth-order valence-electron chi connectivity index (χ4n) is 1.55. The first-order valence-electron chi connectivity index (χ1n) is 5.40. The molecule has 0 fully saturated rings. The maximum Gasteiger partial charge on any atom is 0.256 e. The molecule has 1 amide bonds. The van der Waals surface area contributed by atoms with Crippen molar-refractivity contribution in [2.75, 3.05) is 5.32 Å². The van der Waals surface area contributed by atoms with Gasteiger partial charge in [0.2, 0.25) is 0 Å². The van der Waals surface area contributed by atoms with E-state index in [9.17, 15) is 9.18 Å². The second kappa shape index (κ2) is 5.48. The molecule has 0 bridgehead atoms. The van der Waals surface area contributed by atoms with Crippen LogP contribution in [0.2, 0.25) is 0 Å². The van der Waals surface area contributed by atoms with E-state index < -0.39 is 0 Å². The molecule has 0 atom stereocenters. The maximum atomic E-state index is 12.8. The summed E-state index contributed by atoms with van der Waals surface area (Å²) in [6.45, 7) is 1.95. The van der Waals surface area contributed by atoms with Crippen LogP contribution in [-0.4, -0.2) is 5.91 Å². The molecule has 18 heavy (non-hydrogen) atoms. The van der Waals surface area contributed by atoms with E-state index in [0.29, 0.717) is 11.3 Å². The summed E-state index contributed by atoms with van der Waals surface area (Å²) in [5.74, 6) is -0.507. The topological polar surface area (TPSA) is 29.1 Å². The number of aryl methyl sites for hydroxylation is 1. The Kier molecular flexibility index (Phi) is 3.96. The van der Waals surface area contributed by atoms with Crippen molar-refractivity contribution in [1.82, 2.24) is 0 Å². The summed E-state index contributed by atoms with van der Waals surface area (Å²) >= 11 is 2.15. The molecule has 0 saturated carbocycles. The molecule has 0 heterocycles. The van der Waals surface area contributed by atoms with Gasteiger partial charge in [0.1, 0.15) is 5.82 Å². The number of amides is 1. The zero-order valence-electron chi connectivity index (χ0n) is 9.71. The third-order valence-corrected chi connectivity index (χ3v) is 3.97. The van der Waals surface area contributed by atoms with Gasteiger partial charge in [-0.25, -0.2) is 4.39 Å². The molecule has 1 N–H and O–H groups in total. The number of benzene rings is 2. The van der Waals surface area contributed by atoms with Gasteiger partial charge in [-0.1, -0.05) is 12.1 Å². The average molecular weight is 355 g/mol. The number of hydrogen-bond donors (Lipinski definition) is 1. The van der Waals surface area contributed by atoms with Gasteiger partial charge in [-0.15, -0.1) is 0 Å². The molecule has 0 aliphatic rings. The van der Waals surface area contributed by atoms with Gasteiger partial charge in [0, 0.05) is 9.26 Å². The summed E-state index contributed by atoms with van der Waals surface area (Å²) in [5.41, 5.74) is 2.26. The minimum absolute atomic E-state index is 0.185. The molecule has 0 spiro atoms. The van der Waals surface area contributed by atoms with Crippen molar-refractivity contribution < 1.29 is 9.18 Å². The van der Waals surface area contributed by atoms with E-state index in [1.165, 1.54) is 24.3 Å². The number of halogens is 2. The van der Waals surface area contributed by atoms with Crippen LogP contribution in [0, 0.1) is 16.3 Å². The van der Waals surface area contributed by atoms with Crippen LogP contribution in [0.1, 0.15) is 15.9 Å². The molecule has 0 aliphatic carbocycles. The van der Waals surface area contributed by atoms with E-state index in [4.69, 9.17) is 0 Å². The van der Waals surface area contributed by atoms with Crippen molar-refractivity contribution in [3.63, 3.8) is 0 Å². The van der Waals surface area contributed by atoms with Gasteiger partial charge < -0.3 is 5.32 Å². The predicted octanol–water partition coefficient (Wildman–Crippen LogP) is 3.99. The van der Waals surface area contributed by atoms with E-state index in [1.54, 1.807) is 6.07 Å². The molecule has 0 saturated heterocycles. The second-order valence-electron chi connectivity index (χ2n) is 3.90. The molecule has 2 aromatic carbocycles. The molecule has 4 heteroatoms. The molecule has 0 aliphatic heterocycles. The summed E-state index contributed by atoms with van der Waals surface area (Å²) in [5, 5.41) is 2.74. The van der Waals surface area contributed by atoms with Crippen molar-refractivity contribution >= 4 is 34.2 Å². The first kappa shape index (κ1) is 13.0. The van der Waals surface area contributed by atoms with Crippen LogP contribution in [0.4, 0.5) is 10.1 Å². The Bertz CT molecular complexity index is 581. The summed E-state index contributed by atoms with van der Waals surface area (Å²) in [6.07, 6.45) is 0. The third kappa shape index (κ3) is 2.87. The van der Waals surface area contributed by atoms with E-state index in [0.717, 1.165) is 9.13 Å². The predicted molar refractivity (Wildman–Crippen MR) is 78.2 cm³/mol. The Hall–Kier alpha value is -1.43. The van der Waals surface area contributed by atoms with Gasteiger partial charge in [-0.3, -0.25) is 4.79 Å². The lowest BCUT2D eigenvalue weighted by Crippen LogP contribution is -2.13. The highest BCUT2D eigenvalue weighted by molar-refractivity contribution is 14.1. The number of rotatable bonds is 2. The molecular formula is C14H11FINO. The van der Waals surface area contributed by atoms with E-state index in [2.05, 4.69) is 27.9 Å². The lowest BCUT2D eigenvalue weighted by atomic mass is 10.1. The van der Waals surface area contributed by atoms with Crippen molar-refractivity contribution in [3.8, 4) is 0 Å². The first-order chi connectivity index (χ1) is 8.58. The highest BCUT2D eigenvalue weighted by Crippen LogP contribution is 2.18. The van der Waals surface area contributed by atoms with Gasteiger partial charge in [-0.05, 0) is 65.4 Å². The van der Waals surface area contributed by atoms with Gasteiger partial charge in [0.15, 0.2) is 0 Å². The lowest BCUT2D eigenvalue weighted by Gasteiger charge is -2.08. The monoisotopic (exact) mass is 355 g/mol. The minimum Gasteiger partial charge on any atom is -0.322 e. The summed E-state index contributed by atoms with van der Waals surface area (Å²) < 4.78 is 13.7. The summed E-state index contributed by atoms with van der Waals surface area (Å²) in [7, 11) is 0.